The van der Waals surface area contributed by atoms with E-state index in [1.165, 1.54) is 0 Å². The Balaban J connectivity index is 2.24. The third-order valence-electron chi connectivity index (χ3n) is 3.17. The Labute approximate surface area is 125 Å². The molecule has 0 N–H and O–H groups in total. The molecule has 5 heteroatoms. The van der Waals surface area contributed by atoms with E-state index in [2.05, 4.69) is 14.9 Å². The highest BCUT2D eigenvalue weighted by molar-refractivity contribution is 5.43. The summed E-state index contributed by atoms with van der Waals surface area (Å²) in [7, 11) is 5.31. The number of aromatic nitrogens is 2. The molecule has 0 bridgehead atoms. The minimum absolute atomic E-state index is 0.712. The van der Waals surface area contributed by atoms with E-state index in [1.807, 2.05) is 45.2 Å². The van der Waals surface area contributed by atoms with E-state index in [9.17, 15) is 0 Å². The molecule has 0 amide bonds. The minimum atomic E-state index is 0.712. The maximum absolute atomic E-state index is 5.30. The average Bonchev–Trinajstić information content (AvgIpc) is 2.45. The molecule has 0 aliphatic rings. The lowest BCUT2D eigenvalue weighted by Crippen LogP contribution is -2.18. The fraction of sp³-hybridized carbons (Fsp3) is 0.375. The van der Waals surface area contributed by atoms with Crippen LogP contribution in [0.15, 0.2) is 24.3 Å². The van der Waals surface area contributed by atoms with Crippen molar-refractivity contribution < 1.29 is 9.47 Å². The van der Waals surface area contributed by atoms with Gasteiger partial charge in [-0.1, -0.05) is 0 Å². The van der Waals surface area contributed by atoms with Gasteiger partial charge >= 0.3 is 0 Å². The van der Waals surface area contributed by atoms with Crippen molar-refractivity contribution in [2.24, 2.45) is 0 Å². The van der Waals surface area contributed by atoms with Crippen LogP contribution in [0.2, 0.25) is 0 Å². The predicted octanol–water partition coefficient (Wildman–Crippen LogP) is 2.75. The molecule has 0 fully saturated rings. The molecule has 0 atom stereocenters. The number of rotatable bonds is 5. The van der Waals surface area contributed by atoms with E-state index in [4.69, 9.17) is 9.47 Å². The van der Waals surface area contributed by atoms with Gasteiger partial charge in [0, 0.05) is 31.4 Å². The third-order valence-corrected chi connectivity index (χ3v) is 3.17. The summed E-state index contributed by atoms with van der Waals surface area (Å²) in [6, 6.07) is 7.84. The number of benzene rings is 1. The number of aryl methyl sites for hydroxylation is 2. The summed E-state index contributed by atoms with van der Waals surface area (Å²) >= 11 is 0. The van der Waals surface area contributed by atoms with Crippen LogP contribution in [-0.2, 0) is 6.54 Å². The molecule has 0 unspecified atom stereocenters. The second-order valence-electron chi connectivity index (χ2n) is 4.99. The lowest BCUT2D eigenvalue weighted by molar-refractivity contribution is 0.393. The summed E-state index contributed by atoms with van der Waals surface area (Å²) < 4.78 is 10.6. The Morgan fingerprint density at radius 1 is 0.952 bits per heavy atom. The number of ether oxygens (including phenoxy) is 2. The smallest absolute Gasteiger partial charge is 0.132 e. The molecular formula is C16H21N3O2. The first kappa shape index (κ1) is 15.1. The van der Waals surface area contributed by atoms with Gasteiger partial charge in [-0.2, -0.15) is 0 Å². The van der Waals surface area contributed by atoms with Crippen molar-refractivity contribution in [3.8, 4) is 11.5 Å². The summed E-state index contributed by atoms with van der Waals surface area (Å²) in [5.41, 5.74) is 2.06. The lowest BCUT2D eigenvalue weighted by Gasteiger charge is -2.19. The molecule has 1 aromatic carbocycles. The SMILES string of the molecule is COc1cc(CN(C)c2cc(C)nc(C)n2)cc(OC)c1. The molecule has 0 spiro atoms. The van der Waals surface area contributed by atoms with Gasteiger partial charge in [0.15, 0.2) is 0 Å². The van der Waals surface area contributed by atoms with Gasteiger partial charge in [0.25, 0.3) is 0 Å². The Hall–Kier alpha value is -2.30. The standard InChI is InChI=1S/C16H21N3O2/c1-11-6-16(18-12(2)17-11)19(3)10-13-7-14(20-4)9-15(8-13)21-5/h6-9H,10H2,1-5H3. The van der Waals surface area contributed by atoms with Crippen LogP contribution in [0.25, 0.3) is 0 Å². The average molecular weight is 287 g/mol. The summed E-state index contributed by atoms with van der Waals surface area (Å²) in [6.45, 7) is 4.59. The van der Waals surface area contributed by atoms with Crippen LogP contribution in [0.3, 0.4) is 0 Å². The second kappa shape index (κ2) is 6.43. The fourth-order valence-electron chi connectivity index (χ4n) is 2.21. The van der Waals surface area contributed by atoms with Crippen LogP contribution in [-0.4, -0.2) is 31.2 Å². The zero-order valence-electron chi connectivity index (χ0n) is 13.2. The third kappa shape index (κ3) is 3.84. The summed E-state index contributed by atoms with van der Waals surface area (Å²) in [4.78, 5) is 10.8. The van der Waals surface area contributed by atoms with Gasteiger partial charge in [0.2, 0.25) is 0 Å². The van der Waals surface area contributed by atoms with E-state index >= 15 is 0 Å². The van der Waals surface area contributed by atoms with Gasteiger partial charge in [-0.05, 0) is 31.5 Å². The van der Waals surface area contributed by atoms with E-state index in [1.54, 1.807) is 14.2 Å². The predicted molar refractivity (Wildman–Crippen MR) is 83.2 cm³/mol. The maximum Gasteiger partial charge on any atom is 0.132 e. The van der Waals surface area contributed by atoms with Crippen LogP contribution >= 0.6 is 0 Å². The van der Waals surface area contributed by atoms with Crippen LogP contribution < -0.4 is 14.4 Å². The molecule has 5 nitrogen and oxygen atoms in total. The highest BCUT2D eigenvalue weighted by atomic mass is 16.5. The second-order valence-corrected chi connectivity index (χ2v) is 4.99. The molecule has 0 aliphatic heterocycles. The Kier molecular flexibility index (Phi) is 4.62. The largest absolute Gasteiger partial charge is 0.497 e. The monoisotopic (exact) mass is 287 g/mol. The molecule has 2 rings (SSSR count). The number of hydrogen-bond donors (Lipinski definition) is 0. The highest BCUT2D eigenvalue weighted by Gasteiger charge is 2.08. The highest BCUT2D eigenvalue weighted by Crippen LogP contribution is 2.24. The topological polar surface area (TPSA) is 47.5 Å². The van der Waals surface area contributed by atoms with Crippen LogP contribution in [0.5, 0.6) is 11.5 Å². The van der Waals surface area contributed by atoms with E-state index in [0.29, 0.717) is 6.54 Å². The summed E-state index contributed by atoms with van der Waals surface area (Å²) in [5, 5.41) is 0. The number of anilines is 1. The first-order chi connectivity index (χ1) is 10.0. The van der Waals surface area contributed by atoms with Crippen molar-refractivity contribution >= 4 is 5.82 Å². The molecule has 1 aromatic heterocycles. The first-order valence-electron chi connectivity index (χ1n) is 6.77. The summed E-state index contributed by atoms with van der Waals surface area (Å²) in [5.74, 6) is 3.25. The van der Waals surface area contributed by atoms with Gasteiger partial charge in [-0.3, -0.25) is 0 Å². The molecule has 21 heavy (non-hydrogen) atoms. The van der Waals surface area contributed by atoms with Crippen molar-refractivity contribution in [3.05, 3.63) is 41.3 Å². The van der Waals surface area contributed by atoms with Crippen LogP contribution in [0, 0.1) is 13.8 Å². The van der Waals surface area contributed by atoms with Crippen molar-refractivity contribution in [3.63, 3.8) is 0 Å². The van der Waals surface area contributed by atoms with Gasteiger partial charge in [0.05, 0.1) is 14.2 Å². The molecule has 2 aromatic rings. The molecule has 0 aliphatic carbocycles. The Bertz CT molecular complexity index is 586. The van der Waals surface area contributed by atoms with Gasteiger partial charge in [-0.15, -0.1) is 0 Å². The lowest BCUT2D eigenvalue weighted by atomic mass is 10.2. The first-order valence-corrected chi connectivity index (χ1v) is 6.77. The molecule has 112 valence electrons. The Morgan fingerprint density at radius 3 is 2.10 bits per heavy atom. The zero-order valence-corrected chi connectivity index (χ0v) is 13.2. The van der Waals surface area contributed by atoms with Crippen molar-refractivity contribution in [1.82, 2.24) is 9.97 Å². The molecule has 0 saturated heterocycles. The van der Waals surface area contributed by atoms with Crippen molar-refractivity contribution in [2.75, 3.05) is 26.2 Å². The zero-order chi connectivity index (χ0) is 15.4. The van der Waals surface area contributed by atoms with Crippen LogP contribution in [0.1, 0.15) is 17.1 Å². The molecule has 1 heterocycles. The number of nitrogens with zero attached hydrogens (tertiary/aromatic N) is 3. The minimum Gasteiger partial charge on any atom is -0.497 e. The molecule has 0 saturated carbocycles. The van der Waals surface area contributed by atoms with Crippen molar-refractivity contribution in [2.45, 2.75) is 20.4 Å². The molecular weight excluding hydrogens is 266 g/mol. The fourth-order valence-corrected chi connectivity index (χ4v) is 2.21. The Morgan fingerprint density at radius 2 is 1.57 bits per heavy atom. The molecule has 0 radical (unpaired) electrons. The van der Waals surface area contributed by atoms with Crippen molar-refractivity contribution in [1.29, 1.82) is 0 Å². The van der Waals surface area contributed by atoms with E-state index < -0.39 is 0 Å². The number of methoxy groups -OCH3 is 2. The van der Waals surface area contributed by atoms with Crippen LogP contribution in [0.4, 0.5) is 5.82 Å². The van der Waals surface area contributed by atoms with E-state index in [0.717, 1.165) is 34.4 Å². The normalized spacial score (nSPS) is 10.3. The van der Waals surface area contributed by atoms with Gasteiger partial charge < -0.3 is 14.4 Å². The maximum atomic E-state index is 5.30. The van der Waals surface area contributed by atoms with Gasteiger partial charge in [0.1, 0.15) is 23.1 Å². The quantitative estimate of drug-likeness (QED) is 0.846. The summed E-state index contributed by atoms with van der Waals surface area (Å²) in [6.07, 6.45) is 0. The van der Waals surface area contributed by atoms with E-state index in [-0.39, 0.29) is 0 Å². The van der Waals surface area contributed by atoms with Gasteiger partial charge in [-0.25, -0.2) is 9.97 Å². The number of hydrogen-bond acceptors (Lipinski definition) is 5.